The SMILES string of the molecule is CCCCCCCCCCc1cc(C(C)C)c(N=C(Nc2ccccc2-c2c(C(C)C)cc(CCCCCCCCCC)cc2C(C)C)OC(C)C)c(C(C)C)c1. The van der Waals surface area contributed by atoms with E-state index in [2.05, 4.69) is 137 Å². The van der Waals surface area contributed by atoms with Crippen molar-refractivity contribution in [3.05, 3.63) is 81.9 Å². The Morgan fingerprint density at radius 3 is 1.30 bits per heavy atom. The number of rotatable bonds is 26. The van der Waals surface area contributed by atoms with Gasteiger partial charge in [-0.3, -0.25) is 0 Å². The quantitative estimate of drug-likeness (QED) is 0.0500. The number of amidine groups is 1. The molecule has 0 atom stereocenters. The van der Waals surface area contributed by atoms with Gasteiger partial charge < -0.3 is 10.1 Å². The topological polar surface area (TPSA) is 33.6 Å². The molecule has 0 bridgehead atoms. The first-order valence-electron chi connectivity index (χ1n) is 23.8. The van der Waals surface area contributed by atoms with Gasteiger partial charge in [-0.2, -0.15) is 4.99 Å². The summed E-state index contributed by atoms with van der Waals surface area (Å²) in [5, 5.41) is 3.78. The zero-order valence-electron chi connectivity index (χ0n) is 39.1. The highest BCUT2D eigenvalue weighted by Crippen LogP contribution is 2.42. The fourth-order valence-electron chi connectivity index (χ4n) is 8.28. The van der Waals surface area contributed by atoms with E-state index >= 15 is 0 Å². The highest BCUT2D eigenvalue weighted by molar-refractivity contribution is 5.97. The van der Waals surface area contributed by atoms with Gasteiger partial charge in [0.1, 0.15) is 0 Å². The summed E-state index contributed by atoms with van der Waals surface area (Å²) in [6, 6.07) is 19.3. The van der Waals surface area contributed by atoms with Gasteiger partial charge in [-0.05, 0) is 108 Å². The molecule has 3 aromatic rings. The molecule has 318 valence electrons. The van der Waals surface area contributed by atoms with Crippen molar-refractivity contribution in [1.82, 2.24) is 0 Å². The Balaban J connectivity index is 1.99. The van der Waals surface area contributed by atoms with Gasteiger partial charge in [0.15, 0.2) is 0 Å². The first kappa shape index (κ1) is 48.3. The number of aryl methyl sites for hydroxylation is 2. The molecule has 3 rings (SSSR count). The zero-order chi connectivity index (χ0) is 41.7. The second-order valence-electron chi connectivity index (χ2n) is 18.6. The van der Waals surface area contributed by atoms with Crippen LogP contribution in [0.1, 0.15) is 243 Å². The Hall–Kier alpha value is -3.07. The minimum Gasteiger partial charge on any atom is -0.462 e. The maximum atomic E-state index is 6.58. The summed E-state index contributed by atoms with van der Waals surface area (Å²) in [7, 11) is 0. The minimum absolute atomic E-state index is 0.0252. The van der Waals surface area contributed by atoms with Gasteiger partial charge >= 0.3 is 0 Å². The Morgan fingerprint density at radius 1 is 0.509 bits per heavy atom. The fraction of sp³-hybridized carbons (Fsp3) is 0.648. The summed E-state index contributed by atoms with van der Waals surface area (Å²) in [5.74, 6) is 1.49. The third-order valence-corrected chi connectivity index (χ3v) is 11.6. The summed E-state index contributed by atoms with van der Waals surface area (Å²) in [4.78, 5) is 5.44. The lowest BCUT2D eigenvalue weighted by atomic mass is 9.82. The molecule has 3 aromatic carbocycles. The summed E-state index contributed by atoms with van der Waals surface area (Å²) < 4.78 is 6.58. The second-order valence-corrected chi connectivity index (χ2v) is 18.6. The molecule has 0 aliphatic rings. The molecule has 0 amide bonds. The molecule has 1 N–H and O–H groups in total. The van der Waals surface area contributed by atoms with Crippen LogP contribution >= 0.6 is 0 Å². The molecule has 0 saturated heterocycles. The van der Waals surface area contributed by atoms with E-state index in [0.29, 0.717) is 29.7 Å². The third-order valence-electron chi connectivity index (χ3n) is 11.6. The van der Waals surface area contributed by atoms with Crippen LogP contribution < -0.4 is 5.32 Å². The first-order chi connectivity index (χ1) is 27.4. The van der Waals surface area contributed by atoms with Crippen molar-refractivity contribution in [1.29, 1.82) is 0 Å². The molecule has 0 fully saturated rings. The summed E-state index contributed by atoms with van der Waals surface area (Å²) >= 11 is 0. The van der Waals surface area contributed by atoms with E-state index < -0.39 is 0 Å². The monoisotopic (exact) mass is 779 g/mol. The molecule has 3 heteroatoms. The Labute approximate surface area is 352 Å². The Kier molecular flexibility index (Phi) is 22.1. The predicted molar refractivity (Wildman–Crippen MR) is 254 cm³/mol. The Morgan fingerprint density at radius 2 is 0.895 bits per heavy atom. The standard InChI is InChI=1S/C54H86N2O/c1-13-15-17-19-21-23-25-27-31-44-35-47(39(3)4)52(48(36-44)40(5)6)46-33-29-30-34-51(46)55-54(57-43(11)12)56-53-49(41(7)8)37-45(38-50(53)42(9)10)32-28-26-24-22-20-18-16-14-2/h29-30,33-43H,13-28,31-32H2,1-12H3,(H,55,56). The number of nitrogens with zero attached hydrogens (tertiary/aromatic N) is 1. The lowest BCUT2D eigenvalue weighted by molar-refractivity contribution is 0.228. The van der Waals surface area contributed by atoms with E-state index in [0.717, 1.165) is 24.2 Å². The van der Waals surface area contributed by atoms with E-state index in [9.17, 15) is 0 Å². The third kappa shape index (κ3) is 16.2. The number of ether oxygens (including phenoxy) is 1. The number of benzene rings is 3. The molecular weight excluding hydrogens is 693 g/mol. The van der Waals surface area contributed by atoms with Crippen LogP contribution in [0.25, 0.3) is 11.1 Å². The highest BCUT2D eigenvalue weighted by atomic mass is 16.5. The van der Waals surface area contributed by atoms with Gasteiger partial charge in [0, 0.05) is 5.56 Å². The van der Waals surface area contributed by atoms with Crippen molar-refractivity contribution in [3.63, 3.8) is 0 Å². The van der Waals surface area contributed by atoms with Crippen molar-refractivity contribution in [3.8, 4) is 11.1 Å². The van der Waals surface area contributed by atoms with E-state index in [1.807, 2.05) is 0 Å². The van der Waals surface area contributed by atoms with Crippen LogP contribution in [0.4, 0.5) is 11.4 Å². The number of hydrogen-bond donors (Lipinski definition) is 1. The smallest absolute Gasteiger partial charge is 0.294 e. The number of para-hydroxylation sites is 1. The molecule has 0 spiro atoms. The first-order valence-corrected chi connectivity index (χ1v) is 23.8. The van der Waals surface area contributed by atoms with Gasteiger partial charge in [-0.1, -0.05) is 202 Å². The normalized spacial score (nSPS) is 12.3. The van der Waals surface area contributed by atoms with E-state index in [1.54, 1.807) is 0 Å². The molecule has 0 radical (unpaired) electrons. The van der Waals surface area contributed by atoms with E-state index in [4.69, 9.17) is 9.73 Å². The average molecular weight is 779 g/mol. The van der Waals surface area contributed by atoms with Crippen LogP contribution in [0.2, 0.25) is 0 Å². The van der Waals surface area contributed by atoms with Crippen molar-refractivity contribution in [2.24, 2.45) is 4.99 Å². The van der Waals surface area contributed by atoms with Crippen LogP contribution in [-0.2, 0) is 17.6 Å². The highest BCUT2D eigenvalue weighted by Gasteiger charge is 2.22. The lowest BCUT2D eigenvalue weighted by Gasteiger charge is -2.25. The maximum Gasteiger partial charge on any atom is 0.294 e. The van der Waals surface area contributed by atoms with Gasteiger partial charge in [-0.15, -0.1) is 0 Å². The van der Waals surface area contributed by atoms with Crippen molar-refractivity contribution >= 4 is 17.4 Å². The van der Waals surface area contributed by atoms with Crippen molar-refractivity contribution in [2.75, 3.05) is 5.32 Å². The fourth-order valence-corrected chi connectivity index (χ4v) is 8.28. The number of unbranched alkanes of at least 4 members (excludes halogenated alkanes) is 14. The van der Waals surface area contributed by atoms with Crippen LogP contribution in [0.3, 0.4) is 0 Å². The molecule has 0 heterocycles. The van der Waals surface area contributed by atoms with Crippen molar-refractivity contribution in [2.45, 2.75) is 228 Å². The van der Waals surface area contributed by atoms with Crippen LogP contribution in [0.5, 0.6) is 0 Å². The van der Waals surface area contributed by atoms with Gasteiger partial charge in [0.05, 0.1) is 17.5 Å². The molecule has 57 heavy (non-hydrogen) atoms. The Bertz CT molecular complexity index is 1550. The minimum atomic E-state index is -0.0252. The molecule has 0 aliphatic heterocycles. The van der Waals surface area contributed by atoms with Gasteiger partial charge in [0.2, 0.25) is 0 Å². The molecule has 0 aliphatic carbocycles. The summed E-state index contributed by atoms with van der Waals surface area (Å²) in [6.07, 6.45) is 23.8. The van der Waals surface area contributed by atoms with Gasteiger partial charge in [-0.25, -0.2) is 0 Å². The van der Waals surface area contributed by atoms with Crippen molar-refractivity contribution < 1.29 is 4.74 Å². The number of hydrogen-bond acceptors (Lipinski definition) is 2. The van der Waals surface area contributed by atoms with E-state index in [-0.39, 0.29) is 6.10 Å². The summed E-state index contributed by atoms with van der Waals surface area (Å²) in [6.45, 7) is 27.4. The number of aliphatic imine (C=N–C) groups is 1. The average Bonchev–Trinajstić information content (AvgIpc) is 3.16. The molecule has 0 aromatic heterocycles. The predicted octanol–water partition coefficient (Wildman–Crippen LogP) is 17.7. The second kappa shape index (κ2) is 26.1. The van der Waals surface area contributed by atoms with Gasteiger partial charge in [0.25, 0.3) is 6.02 Å². The van der Waals surface area contributed by atoms with E-state index in [1.165, 1.54) is 147 Å². The largest absolute Gasteiger partial charge is 0.462 e. The maximum absolute atomic E-state index is 6.58. The number of anilines is 1. The molecule has 0 saturated carbocycles. The molecule has 0 unspecified atom stereocenters. The van der Waals surface area contributed by atoms with Crippen LogP contribution in [-0.4, -0.2) is 12.1 Å². The summed E-state index contributed by atoms with van der Waals surface area (Å²) in [5.41, 5.74) is 13.1. The lowest BCUT2D eigenvalue weighted by Crippen LogP contribution is -2.21. The van der Waals surface area contributed by atoms with Crippen LogP contribution in [0.15, 0.2) is 53.5 Å². The number of nitrogens with one attached hydrogen (secondary N) is 1. The molecular formula is C54H86N2O. The molecule has 3 nitrogen and oxygen atoms in total. The van der Waals surface area contributed by atoms with Crippen LogP contribution in [0, 0.1) is 0 Å². The zero-order valence-corrected chi connectivity index (χ0v) is 39.1.